The van der Waals surface area contributed by atoms with Crippen molar-refractivity contribution in [3.05, 3.63) is 0 Å². The van der Waals surface area contributed by atoms with Gasteiger partial charge in [-0.25, -0.2) is 0 Å². The molecule has 2 unspecified atom stereocenters. The number of piperidine rings is 1. The van der Waals surface area contributed by atoms with E-state index in [0.717, 1.165) is 12.6 Å². The molecule has 1 N–H and O–H groups in total. The molecule has 3 heteroatoms. The van der Waals surface area contributed by atoms with Gasteiger partial charge in [-0.3, -0.25) is 9.80 Å². The lowest BCUT2D eigenvalue weighted by molar-refractivity contribution is 0.00474. The second-order valence-electron chi connectivity index (χ2n) is 6.56. The Morgan fingerprint density at radius 1 is 1.24 bits per heavy atom. The highest BCUT2D eigenvalue weighted by atomic mass is 15.3. The number of rotatable bonds is 3. The highest BCUT2D eigenvalue weighted by Crippen LogP contribution is 2.24. The van der Waals surface area contributed by atoms with Gasteiger partial charge in [0.2, 0.25) is 0 Å². The summed E-state index contributed by atoms with van der Waals surface area (Å²) in [7, 11) is 2.07. The van der Waals surface area contributed by atoms with Crippen LogP contribution in [-0.2, 0) is 0 Å². The standard InChI is InChI=1S/C14H29N3/c1-12-9-16-8-6-5-7-13(16)10-17(12)11-14(2,3)15-4/h12-13,15H,5-11H2,1-4H3. The number of nitrogens with zero attached hydrogens (tertiary/aromatic N) is 2. The van der Waals surface area contributed by atoms with Crippen molar-refractivity contribution in [2.24, 2.45) is 0 Å². The molecule has 0 aromatic carbocycles. The molecule has 0 spiro atoms. The number of hydrogen-bond acceptors (Lipinski definition) is 3. The lowest BCUT2D eigenvalue weighted by atomic mass is 9.95. The van der Waals surface area contributed by atoms with Gasteiger partial charge >= 0.3 is 0 Å². The van der Waals surface area contributed by atoms with Crippen LogP contribution in [-0.4, -0.2) is 60.6 Å². The molecular formula is C14H29N3. The Morgan fingerprint density at radius 2 is 2.00 bits per heavy atom. The number of fused-ring (bicyclic) bond motifs is 1. The van der Waals surface area contributed by atoms with Crippen LogP contribution >= 0.6 is 0 Å². The molecule has 0 aromatic heterocycles. The summed E-state index contributed by atoms with van der Waals surface area (Å²) < 4.78 is 0. The monoisotopic (exact) mass is 239 g/mol. The fourth-order valence-corrected chi connectivity index (χ4v) is 3.22. The molecule has 0 saturated carbocycles. The van der Waals surface area contributed by atoms with Crippen molar-refractivity contribution in [2.45, 2.75) is 57.7 Å². The molecule has 2 aliphatic rings. The van der Waals surface area contributed by atoms with Gasteiger partial charge in [-0.2, -0.15) is 0 Å². The number of likely N-dealkylation sites (N-methyl/N-ethyl adjacent to an activating group) is 1. The van der Waals surface area contributed by atoms with Crippen molar-refractivity contribution in [1.82, 2.24) is 15.1 Å². The molecular weight excluding hydrogens is 210 g/mol. The zero-order chi connectivity index (χ0) is 12.5. The quantitative estimate of drug-likeness (QED) is 0.806. The maximum absolute atomic E-state index is 3.43. The van der Waals surface area contributed by atoms with Crippen molar-refractivity contribution in [3.8, 4) is 0 Å². The second-order valence-corrected chi connectivity index (χ2v) is 6.56. The fraction of sp³-hybridized carbons (Fsp3) is 1.00. The van der Waals surface area contributed by atoms with Gasteiger partial charge < -0.3 is 5.32 Å². The van der Waals surface area contributed by atoms with Gasteiger partial charge in [0.1, 0.15) is 0 Å². The zero-order valence-corrected chi connectivity index (χ0v) is 12.0. The first-order valence-electron chi connectivity index (χ1n) is 7.19. The van der Waals surface area contributed by atoms with Crippen LogP contribution in [0.2, 0.25) is 0 Å². The Morgan fingerprint density at radius 3 is 2.71 bits per heavy atom. The number of piperazine rings is 1. The summed E-state index contributed by atoms with van der Waals surface area (Å²) in [6.07, 6.45) is 4.24. The minimum Gasteiger partial charge on any atom is -0.314 e. The topological polar surface area (TPSA) is 18.5 Å². The summed E-state index contributed by atoms with van der Waals surface area (Å²) >= 11 is 0. The van der Waals surface area contributed by atoms with Crippen LogP contribution in [0.25, 0.3) is 0 Å². The van der Waals surface area contributed by atoms with Crippen molar-refractivity contribution in [2.75, 3.05) is 33.2 Å². The normalized spacial score (nSPS) is 32.5. The van der Waals surface area contributed by atoms with E-state index < -0.39 is 0 Å². The number of hydrogen-bond donors (Lipinski definition) is 1. The molecule has 3 nitrogen and oxygen atoms in total. The van der Waals surface area contributed by atoms with Gasteiger partial charge in [0.05, 0.1) is 0 Å². The molecule has 17 heavy (non-hydrogen) atoms. The maximum atomic E-state index is 3.43. The van der Waals surface area contributed by atoms with Gasteiger partial charge in [0.15, 0.2) is 0 Å². The average molecular weight is 239 g/mol. The van der Waals surface area contributed by atoms with E-state index in [1.54, 1.807) is 0 Å². The van der Waals surface area contributed by atoms with E-state index in [4.69, 9.17) is 0 Å². The van der Waals surface area contributed by atoms with Gasteiger partial charge in [-0.05, 0) is 47.2 Å². The lowest BCUT2D eigenvalue weighted by Gasteiger charge is -2.49. The summed E-state index contributed by atoms with van der Waals surface area (Å²) in [5.41, 5.74) is 0.227. The SMILES string of the molecule is CNC(C)(C)CN1CC2CCCCN2CC1C. The summed E-state index contributed by atoms with van der Waals surface area (Å²) in [6, 6.07) is 1.53. The molecule has 2 atom stereocenters. The van der Waals surface area contributed by atoms with Crippen molar-refractivity contribution in [1.29, 1.82) is 0 Å². The van der Waals surface area contributed by atoms with Gasteiger partial charge in [0, 0.05) is 37.3 Å². The summed E-state index contributed by atoms with van der Waals surface area (Å²) in [4.78, 5) is 5.40. The summed E-state index contributed by atoms with van der Waals surface area (Å²) in [5.74, 6) is 0. The van der Waals surface area contributed by atoms with Crippen LogP contribution in [0.1, 0.15) is 40.0 Å². The van der Waals surface area contributed by atoms with Crippen LogP contribution in [0, 0.1) is 0 Å². The predicted molar refractivity (Wildman–Crippen MR) is 73.4 cm³/mol. The fourth-order valence-electron chi connectivity index (χ4n) is 3.22. The van der Waals surface area contributed by atoms with E-state index in [1.807, 2.05) is 0 Å². The first-order valence-corrected chi connectivity index (χ1v) is 7.19. The summed E-state index contributed by atoms with van der Waals surface area (Å²) in [5, 5.41) is 3.43. The van der Waals surface area contributed by atoms with Crippen LogP contribution in [0.5, 0.6) is 0 Å². The first kappa shape index (κ1) is 13.3. The lowest BCUT2D eigenvalue weighted by Crippen LogP contribution is -2.62. The number of nitrogens with one attached hydrogen (secondary N) is 1. The van der Waals surface area contributed by atoms with Crippen LogP contribution < -0.4 is 5.32 Å². The Bertz CT molecular complexity index is 252. The Balaban J connectivity index is 1.95. The Labute approximate surface area is 107 Å². The molecule has 0 aromatic rings. The molecule has 2 heterocycles. The van der Waals surface area contributed by atoms with Crippen molar-refractivity contribution in [3.63, 3.8) is 0 Å². The predicted octanol–water partition coefficient (Wildman–Crippen LogP) is 1.54. The maximum Gasteiger partial charge on any atom is 0.0249 e. The third-order valence-electron chi connectivity index (χ3n) is 4.59. The highest BCUT2D eigenvalue weighted by Gasteiger charge is 2.34. The largest absolute Gasteiger partial charge is 0.314 e. The molecule has 100 valence electrons. The van der Waals surface area contributed by atoms with E-state index in [-0.39, 0.29) is 5.54 Å². The Kier molecular flexibility index (Phi) is 4.11. The third-order valence-corrected chi connectivity index (χ3v) is 4.59. The zero-order valence-electron chi connectivity index (χ0n) is 12.0. The van der Waals surface area contributed by atoms with E-state index in [2.05, 4.69) is 42.9 Å². The van der Waals surface area contributed by atoms with Crippen LogP contribution in [0.3, 0.4) is 0 Å². The first-order chi connectivity index (χ1) is 8.02. The van der Waals surface area contributed by atoms with Crippen LogP contribution in [0.15, 0.2) is 0 Å². The molecule has 2 aliphatic heterocycles. The van der Waals surface area contributed by atoms with Crippen molar-refractivity contribution >= 4 is 0 Å². The molecule has 0 amide bonds. The van der Waals surface area contributed by atoms with E-state index in [1.165, 1.54) is 38.9 Å². The smallest absolute Gasteiger partial charge is 0.0249 e. The van der Waals surface area contributed by atoms with Crippen LogP contribution in [0.4, 0.5) is 0 Å². The van der Waals surface area contributed by atoms with E-state index in [9.17, 15) is 0 Å². The van der Waals surface area contributed by atoms with Crippen molar-refractivity contribution < 1.29 is 0 Å². The minimum absolute atomic E-state index is 0.227. The molecule has 2 rings (SSSR count). The van der Waals surface area contributed by atoms with Gasteiger partial charge in [-0.1, -0.05) is 6.42 Å². The Hall–Kier alpha value is -0.120. The third kappa shape index (κ3) is 3.21. The molecule has 0 bridgehead atoms. The molecule has 0 aliphatic carbocycles. The average Bonchev–Trinajstić information content (AvgIpc) is 2.30. The second kappa shape index (κ2) is 5.25. The molecule has 2 fully saturated rings. The van der Waals surface area contributed by atoms with Gasteiger partial charge in [0.25, 0.3) is 0 Å². The molecule has 0 radical (unpaired) electrons. The van der Waals surface area contributed by atoms with E-state index >= 15 is 0 Å². The van der Waals surface area contributed by atoms with Gasteiger partial charge in [-0.15, -0.1) is 0 Å². The molecule has 2 saturated heterocycles. The highest BCUT2D eigenvalue weighted by molar-refractivity contribution is 4.92. The minimum atomic E-state index is 0.227. The van der Waals surface area contributed by atoms with E-state index in [0.29, 0.717) is 6.04 Å². The summed E-state index contributed by atoms with van der Waals surface area (Å²) in [6.45, 7) is 12.0.